The first-order chi connectivity index (χ1) is 8.99. The number of rotatable bonds is 3. The molecule has 1 heterocycles. The largest absolute Gasteiger partial charge is 0.396 e. The van der Waals surface area contributed by atoms with Crippen LogP contribution in [0.15, 0.2) is 18.2 Å². The normalized spacial score (nSPS) is 22.6. The molecule has 0 aliphatic carbocycles. The van der Waals surface area contributed by atoms with Crippen molar-refractivity contribution in [3.05, 3.63) is 29.3 Å². The highest BCUT2D eigenvalue weighted by Crippen LogP contribution is 2.38. The van der Waals surface area contributed by atoms with Gasteiger partial charge in [-0.15, -0.1) is 0 Å². The second-order valence-corrected chi connectivity index (χ2v) is 6.50. The summed E-state index contributed by atoms with van der Waals surface area (Å²) in [5.41, 5.74) is 4.44. The molecule has 0 radical (unpaired) electrons. The molecule has 2 nitrogen and oxygen atoms in total. The molecule has 1 unspecified atom stereocenters. The first kappa shape index (κ1) is 14.4. The Morgan fingerprint density at radius 3 is 2.74 bits per heavy atom. The van der Waals surface area contributed by atoms with Crippen molar-refractivity contribution in [3.8, 4) is 0 Å². The van der Waals surface area contributed by atoms with E-state index in [9.17, 15) is 5.11 Å². The summed E-state index contributed by atoms with van der Waals surface area (Å²) in [6, 6.07) is 6.58. The Kier molecular flexibility index (Phi) is 4.19. The van der Waals surface area contributed by atoms with Crippen LogP contribution in [-0.4, -0.2) is 24.8 Å². The average Bonchev–Trinajstić information content (AvgIpc) is 2.38. The fourth-order valence-corrected chi connectivity index (χ4v) is 3.20. The number of hydrogen-bond acceptors (Lipinski definition) is 2. The number of anilines is 1. The van der Waals surface area contributed by atoms with E-state index in [0.29, 0.717) is 5.92 Å². The molecule has 1 aliphatic rings. The van der Waals surface area contributed by atoms with Crippen LogP contribution in [0, 0.1) is 18.3 Å². The first-order valence-corrected chi connectivity index (χ1v) is 7.44. The van der Waals surface area contributed by atoms with Gasteiger partial charge in [0, 0.05) is 31.3 Å². The number of benzene rings is 1. The number of hydrogen-bond donors (Lipinski definition) is 1. The molecule has 0 bridgehead atoms. The zero-order valence-corrected chi connectivity index (χ0v) is 12.7. The van der Waals surface area contributed by atoms with Gasteiger partial charge in [0.2, 0.25) is 0 Å². The van der Waals surface area contributed by atoms with Crippen molar-refractivity contribution in [3.63, 3.8) is 0 Å². The van der Waals surface area contributed by atoms with Crippen LogP contribution in [0.2, 0.25) is 0 Å². The lowest BCUT2D eigenvalue weighted by atomic mass is 9.73. The minimum absolute atomic E-state index is 0.250. The highest BCUT2D eigenvalue weighted by molar-refractivity contribution is 5.59. The molecule has 1 atom stereocenters. The topological polar surface area (TPSA) is 23.5 Å². The van der Waals surface area contributed by atoms with E-state index >= 15 is 0 Å². The molecule has 2 heteroatoms. The summed E-state index contributed by atoms with van der Waals surface area (Å²) in [4.78, 5) is 2.49. The van der Waals surface area contributed by atoms with E-state index in [1.807, 2.05) is 0 Å². The van der Waals surface area contributed by atoms with E-state index in [0.717, 1.165) is 25.9 Å². The van der Waals surface area contributed by atoms with Crippen molar-refractivity contribution in [1.82, 2.24) is 0 Å². The summed E-state index contributed by atoms with van der Waals surface area (Å²) >= 11 is 0. The molecule has 1 aromatic rings. The summed E-state index contributed by atoms with van der Waals surface area (Å²) in [5, 5.41) is 9.66. The second-order valence-electron chi connectivity index (χ2n) is 6.50. The van der Waals surface area contributed by atoms with Gasteiger partial charge in [0.05, 0.1) is 0 Å². The van der Waals surface area contributed by atoms with Crippen molar-refractivity contribution >= 4 is 5.69 Å². The van der Waals surface area contributed by atoms with Crippen molar-refractivity contribution in [2.45, 2.75) is 40.5 Å². The van der Waals surface area contributed by atoms with Gasteiger partial charge in [-0.05, 0) is 36.3 Å². The summed E-state index contributed by atoms with van der Waals surface area (Å²) < 4.78 is 0. The van der Waals surface area contributed by atoms with E-state index < -0.39 is 0 Å². The molecular formula is C17H27NO. The Hall–Kier alpha value is -1.02. The second kappa shape index (κ2) is 5.54. The summed E-state index contributed by atoms with van der Waals surface area (Å²) in [7, 11) is 0. The fraction of sp³-hybridized carbons (Fsp3) is 0.647. The number of para-hydroxylation sites is 1. The lowest BCUT2D eigenvalue weighted by molar-refractivity contribution is 0.0966. The Balaban J connectivity index is 2.29. The van der Waals surface area contributed by atoms with Crippen LogP contribution in [0.3, 0.4) is 0 Å². The average molecular weight is 261 g/mol. The van der Waals surface area contributed by atoms with Crippen LogP contribution in [0.5, 0.6) is 0 Å². The standard InChI is InChI=1S/C17H27NO/c1-5-14-8-6-7-13(2)16(14)18-10-9-17(3,4)15(11-18)12-19/h6-8,15,19H,5,9-12H2,1-4H3. The predicted molar refractivity (Wildman–Crippen MR) is 81.7 cm³/mol. The number of aryl methyl sites for hydroxylation is 2. The van der Waals surface area contributed by atoms with Crippen molar-refractivity contribution in [2.75, 3.05) is 24.6 Å². The predicted octanol–water partition coefficient (Wildman–Crippen LogP) is 3.40. The molecule has 1 aliphatic heterocycles. The Bertz CT molecular complexity index is 439. The van der Waals surface area contributed by atoms with Crippen LogP contribution in [0.1, 0.15) is 38.3 Å². The Labute approximate surface area is 117 Å². The van der Waals surface area contributed by atoms with Gasteiger partial charge in [-0.2, -0.15) is 0 Å². The third-order valence-corrected chi connectivity index (χ3v) is 4.81. The van der Waals surface area contributed by atoms with Crippen LogP contribution < -0.4 is 4.90 Å². The van der Waals surface area contributed by atoms with E-state index in [1.165, 1.54) is 16.8 Å². The molecule has 0 amide bonds. The molecule has 0 saturated carbocycles. The van der Waals surface area contributed by atoms with Gasteiger partial charge in [-0.3, -0.25) is 0 Å². The molecule has 1 saturated heterocycles. The van der Waals surface area contributed by atoms with Gasteiger partial charge in [0.25, 0.3) is 0 Å². The van der Waals surface area contributed by atoms with Gasteiger partial charge in [0.1, 0.15) is 0 Å². The third-order valence-electron chi connectivity index (χ3n) is 4.81. The van der Waals surface area contributed by atoms with E-state index in [4.69, 9.17) is 0 Å². The van der Waals surface area contributed by atoms with Gasteiger partial charge >= 0.3 is 0 Å². The van der Waals surface area contributed by atoms with E-state index in [2.05, 4.69) is 50.8 Å². The van der Waals surface area contributed by atoms with Gasteiger partial charge in [-0.25, -0.2) is 0 Å². The molecule has 0 spiro atoms. The zero-order chi connectivity index (χ0) is 14.0. The minimum Gasteiger partial charge on any atom is -0.396 e. The number of piperidine rings is 1. The van der Waals surface area contributed by atoms with Crippen LogP contribution in [0.4, 0.5) is 5.69 Å². The third kappa shape index (κ3) is 2.79. The first-order valence-electron chi connectivity index (χ1n) is 7.44. The number of aliphatic hydroxyl groups is 1. The van der Waals surface area contributed by atoms with Crippen molar-refractivity contribution < 1.29 is 5.11 Å². The molecule has 2 rings (SSSR count). The quantitative estimate of drug-likeness (QED) is 0.901. The lowest BCUT2D eigenvalue weighted by Gasteiger charge is -2.45. The number of nitrogens with zero attached hydrogens (tertiary/aromatic N) is 1. The smallest absolute Gasteiger partial charge is 0.0481 e. The summed E-state index contributed by atoms with van der Waals surface area (Å²) in [6.45, 7) is 11.3. The van der Waals surface area contributed by atoms with E-state index in [-0.39, 0.29) is 12.0 Å². The Morgan fingerprint density at radius 1 is 1.37 bits per heavy atom. The van der Waals surface area contributed by atoms with Crippen LogP contribution >= 0.6 is 0 Å². The highest BCUT2D eigenvalue weighted by Gasteiger charge is 2.35. The van der Waals surface area contributed by atoms with Crippen molar-refractivity contribution in [1.29, 1.82) is 0 Å². The monoisotopic (exact) mass is 261 g/mol. The van der Waals surface area contributed by atoms with Gasteiger partial charge in [0.15, 0.2) is 0 Å². The van der Waals surface area contributed by atoms with Crippen molar-refractivity contribution in [2.24, 2.45) is 11.3 Å². The zero-order valence-electron chi connectivity index (χ0n) is 12.7. The summed E-state index contributed by atoms with van der Waals surface area (Å²) in [5.74, 6) is 0.366. The maximum absolute atomic E-state index is 9.66. The molecule has 1 fully saturated rings. The lowest BCUT2D eigenvalue weighted by Crippen LogP contribution is -2.46. The molecule has 1 aromatic carbocycles. The number of aliphatic hydroxyl groups excluding tert-OH is 1. The molecule has 1 N–H and O–H groups in total. The van der Waals surface area contributed by atoms with Gasteiger partial charge < -0.3 is 10.0 Å². The Morgan fingerprint density at radius 2 is 2.11 bits per heavy atom. The highest BCUT2D eigenvalue weighted by atomic mass is 16.3. The molecule has 106 valence electrons. The van der Waals surface area contributed by atoms with E-state index in [1.54, 1.807) is 0 Å². The van der Waals surface area contributed by atoms with Crippen LogP contribution in [-0.2, 0) is 6.42 Å². The SMILES string of the molecule is CCc1cccc(C)c1N1CCC(C)(C)C(CO)C1. The molecule has 19 heavy (non-hydrogen) atoms. The van der Waals surface area contributed by atoms with Gasteiger partial charge in [-0.1, -0.05) is 39.0 Å². The maximum atomic E-state index is 9.66. The molecular weight excluding hydrogens is 234 g/mol. The molecule has 0 aromatic heterocycles. The summed E-state index contributed by atoms with van der Waals surface area (Å²) in [6.07, 6.45) is 2.22. The fourth-order valence-electron chi connectivity index (χ4n) is 3.20. The van der Waals surface area contributed by atoms with Crippen LogP contribution in [0.25, 0.3) is 0 Å². The maximum Gasteiger partial charge on any atom is 0.0481 e. The minimum atomic E-state index is 0.250.